The Kier molecular flexibility index (Phi) is 2.75. The number of thiophene rings is 1. The molecule has 0 unspecified atom stereocenters. The van der Waals surface area contributed by atoms with Crippen LogP contribution in [0.15, 0.2) is 35.7 Å². The van der Waals surface area contributed by atoms with Gasteiger partial charge in [-0.1, -0.05) is 29.8 Å². The first-order chi connectivity index (χ1) is 7.20. The van der Waals surface area contributed by atoms with Gasteiger partial charge in [0.1, 0.15) is 0 Å². The number of rotatable bonds is 2. The minimum atomic E-state index is -1.00. The van der Waals surface area contributed by atoms with Crippen LogP contribution < -0.4 is 0 Å². The Hall–Kier alpha value is -1.32. The van der Waals surface area contributed by atoms with E-state index in [1.165, 1.54) is 17.4 Å². The first-order valence-electron chi connectivity index (χ1n) is 4.26. The van der Waals surface area contributed by atoms with Gasteiger partial charge in [-0.3, -0.25) is 0 Å². The Morgan fingerprint density at radius 3 is 2.67 bits per heavy atom. The summed E-state index contributed by atoms with van der Waals surface area (Å²) in [4.78, 5) is 11.8. The third kappa shape index (κ3) is 1.89. The highest BCUT2D eigenvalue weighted by Crippen LogP contribution is 2.33. The molecule has 2 aromatic rings. The summed E-state index contributed by atoms with van der Waals surface area (Å²) < 4.78 is 0. The van der Waals surface area contributed by atoms with Crippen LogP contribution in [0.1, 0.15) is 10.4 Å². The van der Waals surface area contributed by atoms with Crippen LogP contribution in [-0.4, -0.2) is 11.1 Å². The van der Waals surface area contributed by atoms with Crippen molar-refractivity contribution in [1.29, 1.82) is 0 Å². The molecule has 0 aliphatic heterocycles. The molecule has 0 radical (unpaired) electrons. The Morgan fingerprint density at radius 2 is 2.07 bits per heavy atom. The molecule has 0 saturated heterocycles. The van der Waals surface area contributed by atoms with Crippen LogP contribution in [0.5, 0.6) is 0 Å². The van der Waals surface area contributed by atoms with E-state index < -0.39 is 5.97 Å². The van der Waals surface area contributed by atoms with Crippen molar-refractivity contribution in [3.05, 3.63) is 46.3 Å². The average molecular weight is 239 g/mol. The smallest absolute Gasteiger partial charge is 0.337 e. The molecular formula is C11H7ClO2S. The maximum Gasteiger partial charge on any atom is 0.337 e. The SMILES string of the molecule is O=C(O)c1cccc(-c2cccs2)c1Cl. The summed E-state index contributed by atoms with van der Waals surface area (Å²) in [7, 11) is 0. The highest BCUT2D eigenvalue weighted by molar-refractivity contribution is 7.13. The zero-order chi connectivity index (χ0) is 10.8. The lowest BCUT2D eigenvalue weighted by Crippen LogP contribution is -1.97. The zero-order valence-electron chi connectivity index (χ0n) is 7.61. The lowest BCUT2D eigenvalue weighted by Gasteiger charge is -2.04. The fourth-order valence-electron chi connectivity index (χ4n) is 1.32. The van der Waals surface area contributed by atoms with Crippen molar-refractivity contribution in [2.75, 3.05) is 0 Å². The van der Waals surface area contributed by atoms with Crippen molar-refractivity contribution in [2.24, 2.45) is 0 Å². The molecule has 15 heavy (non-hydrogen) atoms. The molecule has 0 amide bonds. The van der Waals surface area contributed by atoms with Crippen LogP contribution in [0, 0.1) is 0 Å². The van der Waals surface area contributed by atoms with Crippen molar-refractivity contribution in [1.82, 2.24) is 0 Å². The fourth-order valence-corrected chi connectivity index (χ4v) is 2.44. The lowest BCUT2D eigenvalue weighted by atomic mass is 10.1. The van der Waals surface area contributed by atoms with E-state index in [9.17, 15) is 4.79 Å². The minimum absolute atomic E-state index is 0.141. The standard InChI is InChI=1S/C11H7ClO2S/c12-10-7(9-5-2-6-15-9)3-1-4-8(10)11(13)14/h1-6H,(H,13,14). The van der Waals surface area contributed by atoms with Crippen LogP contribution in [0.3, 0.4) is 0 Å². The first kappa shape index (κ1) is 10.2. The van der Waals surface area contributed by atoms with Gasteiger partial charge in [-0.25, -0.2) is 4.79 Å². The number of carboxylic acids is 1. The number of carbonyl (C=O) groups is 1. The molecule has 0 aliphatic rings. The summed E-state index contributed by atoms with van der Waals surface area (Å²) in [5.74, 6) is -1.00. The first-order valence-corrected chi connectivity index (χ1v) is 5.51. The van der Waals surface area contributed by atoms with E-state index in [-0.39, 0.29) is 5.56 Å². The second kappa shape index (κ2) is 4.04. The molecule has 0 atom stereocenters. The maximum atomic E-state index is 10.9. The summed E-state index contributed by atoms with van der Waals surface area (Å²) >= 11 is 7.55. The molecule has 76 valence electrons. The molecule has 1 heterocycles. The van der Waals surface area contributed by atoms with Gasteiger partial charge in [0.2, 0.25) is 0 Å². The largest absolute Gasteiger partial charge is 0.478 e. The van der Waals surface area contributed by atoms with Crippen molar-refractivity contribution in [3.63, 3.8) is 0 Å². The van der Waals surface area contributed by atoms with E-state index in [1.807, 2.05) is 23.6 Å². The summed E-state index contributed by atoms with van der Waals surface area (Å²) in [6, 6.07) is 8.84. The molecule has 1 aromatic heterocycles. The lowest BCUT2D eigenvalue weighted by molar-refractivity contribution is 0.0697. The van der Waals surface area contributed by atoms with Gasteiger partial charge < -0.3 is 5.11 Å². The second-order valence-corrected chi connectivity index (χ2v) is 4.28. The number of hydrogen-bond acceptors (Lipinski definition) is 2. The Labute approximate surface area is 95.8 Å². The van der Waals surface area contributed by atoms with Crippen LogP contribution >= 0.6 is 22.9 Å². The van der Waals surface area contributed by atoms with E-state index in [4.69, 9.17) is 16.7 Å². The van der Waals surface area contributed by atoms with E-state index in [0.717, 1.165) is 10.4 Å². The zero-order valence-corrected chi connectivity index (χ0v) is 9.18. The quantitative estimate of drug-likeness (QED) is 0.865. The van der Waals surface area contributed by atoms with E-state index >= 15 is 0 Å². The number of carboxylic acid groups (broad SMARTS) is 1. The number of halogens is 1. The molecule has 2 rings (SSSR count). The van der Waals surface area contributed by atoms with Gasteiger partial charge in [-0.2, -0.15) is 0 Å². The van der Waals surface area contributed by atoms with Gasteiger partial charge in [0.25, 0.3) is 0 Å². The van der Waals surface area contributed by atoms with Crippen molar-refractivity contribution in [2.45, 2.75) is 0 Å². The maximum absolute atomic E-state index is 10.9. The van der Waals surface area contributed by atoms with Gasteiger partial charge in [0, 0.05) is 10.4 Å². The topological polar surface area (TPSA) is 37.3 Å². The van der Waals surface area contributed by atoms with E-state index in [1.54, 1.807) is 6.07 Å². The molecule has 1 N–H and O–H groups in total. The van der Waals surface area contributed by atoms with Crippen molar-refractivity contribution < 1.29 is 9.90 Å². The van der Waals surface area contributed by atoms with E-state index in [0.29, 0.717) is 5.02 Å². The molecule has 0 aliphatic carbocycles. The Morgan fingerprint density at radius 1 is 1.27 bits per heavy atom. The predicted octanol–water partition coefficient (Wildman–Crippen LogP) is 3.77. The molecule has 1 aromatic carbocycles. The summed E-state index contributed by atoms with van der Waals surface area (Å²) in [6.45, 7) is 0. The summed E-state index contributed by atoms with van der Waals surface area (Å²) in [5, 5.41) is 11.1. The predicted molar refractivity (Wildman–Crippen MR) is 61.7 cm³/mol. The Bertz CT molecular complexity index is 491. The Balaban J connectivity index is 2.59. The van der Waals surface area contributed by atoms with E-state index in [2.05, 4.69) is 0 Å². The number of hydrogen-bond donors (Lipinski definition) is 1. The molecule has 0 spiro atoms. The highest BCUT2D eigenvalue weighted by Gasteiger charge is 2.13. The third-order valence-electron chi connectivity index (χ3n) is 2.02. The molecule has 0 saturated carbocycles. The fraction of sp³-hybridized carbons (Fsp3) is 0. The van der Waals surface area contributed by atoms with Crippen LogP contribution in [0.25, 0.3) is 10.4 Å². The van der Waals surface area contributed by atoms with Crippen LogP contribution in [-0.2, 0) is 0 Å². The molecular weight excluding hydrogens is 232 g/mol. The van der Waals surface area contributed by atoms with Gasteiger partial charge in [0.15, 0.2) is 0 Å². The molecule has 0 bridgehead atoms. The van der Waals surface area contributed by atoms with Crippen molar-refractivity contribution in [3.8, 4) is 10.4 Å². The molecule has 4 heteroatoms. The molecule has 2 nitrogen and oxygen atoms in total. The minimum Gasteiger partial charge on any atom is -0.478 e. The third-order valence-corrected chi connectivity index (χ3v) is 3.33. The highest BCUT2D eigenvalue weighted by atomic mass is 35.5. The molecule has 0 fully saturated rings. The van der Waals surface area contributed by atoms with Crippen LogP contribution in [0.2, 0.25) is 5.02 Å². The van der Waals surface area contributed by atoms with Crippen LogP contribution in [0.4, 0.5) is 0 Å². The summed E-state index contributed by atoms with van der Waals surface area (Å²) in [5.41, 5.74) is 0.911. The number of benzene rings is 1. The van der Waals surface area contributed by atoms with Crippen molar-refractivity contribution >= 4 is 28.9 Å². The second-order valence-electron chi connectivity index (χ2n) is 2.95. The van der Waals surface area contributed by atoms with Gasteiger partial charge in [0.05, 0.1) is 10.6 Å². The average Bonchev–Trinajstić information content (AvgIpc) is 2.70. The monoisotopic (exact) mass is 238 g/mol. The van der Waals surface area contributed by atoms with Gasteiger partial charge >= 0.3 is 5.97 Å². The number of aromatic carboxylic acids is 1. The van der Waals surface area contributed by atoms with Gasteiger partial charge in [-0.15, -0.1) is 11.3 Å². The normalized spacial score (nSPS) is 10.2. The van der Waals surface area contributed by atoms with Gasteiger partial charge in [-0.05, 0) is 17.5 Å². The summed E-state index contributed by atoms with van der Waals surface area (Å²) in [6.07, 6.45) is 0.